The summed E-state index contributed by atoms with van der Waals surface area (Å²) in [5, 5.41) is 0. The van der Waals surface area contributed by atoms with E-state index in [1.165, 1.54) is 4.31 Å². The third kappa shape index (κ3) is 2.30. The second kappa shape index (κ2) is 4.64. The molecule has 100 valence electrons. The van der Waals surface area contributed by atoms with Gasteiger partial charge in [-0.15, -0.1) is 0 Å². The van der Waals surface area contributed by atoms with Crippen molar-refractivity contribution in [2.45, 2.75) is 38.1 Å². The van der Waals surface area contributed by atoms with Crippen molar-refractivity contribution in [3.8, 4) is 0 Å². The van der Waals surface area contributed by atoms with Crippen LogP contribution in [0.15, 0.2) is 17.0 Å². The van der Waals surface area contributed by atoms with Crippen LogP contribution in [0.5, 0.6) is 0 Å². The molecule has 0 spiro atoms. The first-order chi connectivity index (χ1) is 8.32. The Morgan fingerprint density at radius 3 is 2.22 bits per heavy atom. The van der Waals surface area contributed by atoms with Gasteiger partial charge in [0.25, 0.3) is 0 Å². The van der Waals surface area contributed by atoms with Crippen LogP contribution in [0.1, 0.15) is 23.1 Å². The van der Waals surface area contributed by atoms with Gasteiger partial charge >= 0.3 is 0 Å². The molecule has 1 atom stereocenters. The van der Waals surface area contributed by atoms with Crippen LogP contribution in [0.4, 0.5) is 0 Å². The van der Waals surface area contributed by atoms with E-state index in [0.717, 1.165) is 23.1 Å². The summed E-state index contributed by atoms with van der Waals surface area (Å²) >= 11 is 0. The maximum atomic E-state index is 12.6. The van der Waals surface area contributed by atoms with Gasteiger partial charge in [0.05, 0.1) is 4.90 Å². The summed E-state index contributed by atoms with van der Waals surface area (Å²) in [5.41, 5.74) is 8.51. The highest BCUT2D eigenvalue weighted by molar-refractivity contribution is 7.89. The van der Waals surface area contributed by atoms with Gasteiger partial charge < -0.3 is 5.73 Å². The second-order valence-electron chi connectivity index (χ2n) is 5.14. The van der Waals surface area contributed by atoms with Crippen molar-refractivity contribution >= 4 is 10.0 Å². The van der Waals surface area contributed by atoms with E-state index in [-0.39, 0.29) is 6.04 Å². The Bertz CT molecular complexity index is 543. The molecule has 1 aromatic rings. The number of benzene rings is 1. The quantitative estimate of drug-likeness (QED) is 0.880. The van der Waals surface area contributed by atoms with Crippen LogP contribution in [-0.2, 0) is 10.0 Å². The zero-order valence-corrected chi connectivity index (χ0v) is 11.9. The summed E-state index contributed by atoms with van der Waals surface area (Å²) in [6.45, 7) is 6.62. The van der Waals surface area contributed by atoms with Crippen molar-refractivity contribution in [2.24, 2.45) is 5.73 Å². The molecule has 4 nitrogen and oxygen atoms in total. The first-order valence-corrected chi connectivity index (χ1v) is 7.60. The van der Waals surface area contributed by atoms with Gasteiger partial charge in [-0.25, -0.2) is 8.42 Å². The van der Waals surface area contributed by atoms with Gasteiger partial charge in [0.1, 0.15) is 0 Å². The van der Waals surface area contributed by atoms with Gasteiger partial charge in [-0.2, -0.15) is 4.31 Å². The monoisotopic (exact) mass is 268 g/mol. The van der Waals surface area contributed by atoms with Crippen molar-refractivity contribution in [3.05, 3.63) is 28.8 Å². The molecule has 0 saturated carbocycles. The molecule has 0 aliphatic carbocycles. The molecule has 0 bridgehead atoms. The minimum Gasteiger partial charge on any atom is -0.326 e. The fourth-order valence-corrected chi connectivity index (χ4v) is 4.60. The van der Waals surface area contributed by atoms with Gasteiger partial charge in [-0.1, -0.05) is 17.7 Å². The fraction of sp³-hybridized carbons (Fsp3) is 0.538. The second-order valence-corrected chi connectivity index (χ2v) is 7.01. The maximum absolute atomic E-state index is 12.6. The Labute approximate surface area is 109 Å². The predicted molar refractivity (Wildman–Crippen MR) is 72.0 cm³/mol. The van der Waals surface area contributed by atoms with Gasteiger partial charge in [0.2, 0.25) is 10.0 Å². The number of sulfonamides is 1. The van der Waals surface area contributed by atoms with E-state index in [4.69, 9.17) is 5.73 Å². The highest BCUT2D eigenvalue weighted by Gasteiger charge is 2.32. The highest BCUT2D eigenvalue weighted by atomic mass is 32.2. The Hall–Kier alpha value is -0.910. The van der Waals surface area contributed by atoms with E-state index in [2.05, 4.69) is 0 Å². The lowest BCUT2D eigenvalue weighted by Crippen LogP contribution is -2.32. The lowest BCUT2D eigenvalue weighted by molar-refractivity contribution is 0.471. The molecule has 1 aliphatic rings. The number of nitrogens with zero attached hydrogens (tertiary/aromatic N) is 1. The Balaban J connectivity index is 2.48. The van der Waals surface area contributed by atoms with Crippen LogP contribution in [0.3, 0.4) is 0 Å². The molecule has 0 amide bonds. The van der Waals surface area contributed by atoms with Crippen LogP contribution in [0.2, 0.25) is 0 Å². The number of hydrogen-bond donors (Lipinski definition) is 1. The molecule has 18 heavy (non-hydrogen) atoms. The Morgan fingerprint density at radius 2 is 1.78 bits per heavy atom. The third-order valence-corrected chi connectivity index (χ3v) is 5.56. The van der Waals surface area contributed by atoms with E-state index in [9.17, 15) is 8.42 Å². The molecule has 5 heteroatoms. The number of hydrogen-bond acceptors (Lipinski definition) is 3. The fourth-order valence-electron chi connectivity index (χ4n) is 2.68. The summed E-state index contributed by atoms with van der Waals surface area (Å²) < 4.78 is 26.7. The summed E-state index contributed by atoms with van der Waals surface area (Å²) in [5.74, 6) is 0. The molecule has 0 radical (unpaired) electrons. The SMILES string of the molecule is Cc1cc(C)c(S(=O)(=O)N2CCC(N)C2)c(C)c1. The van der Waals surface area contributed by atoms with E-state index < -0.39 is 10.0 Å². The third-order valence-electron chi connectivity index (χ3n) is 3.39. The van der Waals surface area contributed by atoms with Crippen molar-refractivity contribution < 1.29 is 8.42 Å². The van der Waals surface area contributed by atoms with E-state index in [1.54, 1.807) is 0 Å². The molecule has 1 heterocycles. The zero-order chi connectivity index (χ0) is 13.5. The summed E-state index contributed by atoms with van der Waals surface area (Å²) in [6.07, 6.45) is 0.739. The first-order valence-electron chi connectivity index (χ1n) is 6.16. The standard InChI is InChI=1S/C13H20N2O2S/c1-9-6-10(2)13(11(3)7-9)18(16,17)15-5-4-12(14)8-15/h6-7,12H,4-5,8,14H2,1-3H3. The average molecular weight is 268 g/mol. The predicted octanol–water partition coefficient (Wildman–Crippen LogP) is 1.33. The van der Waals surface area contributed by atoms with Crippen LogP contribution >= 0.6 is 0 Å². The molecule has 1 aliphatic heterocycles. The lowest BCUT2D eigenvalue weighted by atomic mass is 10.1. The largest absolute Gasteiger partial charge is 0.326 e. The molecule has 1 saturated heterocycles. The van der Waals surface area contributed by atoms with Crippen molar-refractivity contribution in [3.63, 3.8) is 0 Å². The van der Waals surface area contributed by atoms with E-state index in [1.807, 2.05) is 32.9 Å². The van der Waals surface area contributed by atoms with Crippen molar-refractivity contribution in [2.75, 3.05) is 13.1 Å². The molecule has 1 aromatic carbocycles. The highest BCUT2D eigenvalue weighted by Crippen LogP contribution is 2.27. The van der Waals surface area contributed by atoms with Crippen LogP contribution in [-0.4, -0.2) is 31.9 Å². The van der Waals surface area contributed by atoms with Crippen molar-refractivity contribution in [1.29, 1.82) is 0 Å². The van der Waals surface area contributed by atoms with Gasteiger partial charge in [-0.05, 0) is 38.3 Å². The molecule has 2 N–H and O–H groups in total. The Kier molecular flexibility index (Phi) is 3.49. The molecule has 1 fully saturated rings. The first kappa shape index (κ1) is 13.5. The van der Waals surface area contributed by atoms with Crippen LogP contribution in [0.25, 0.3) is 0 Å². The molecule has 2 rings (SSSR count). The van der Waals surface area contributed by atoms with Gasteiger partial charge in [0, 0.05) is 19.1 Å². The summed E-state index contributed by atoms with van der Waals surface area (Å²) in [4.78, 5) is 0.446. The topological polar surface area (TPSA) is 63.4 Å². The molecular weight excluding hydrogens is 248 g/mol. The van der Waals surface area contributed by atoms with E-state index in [0.29, 0.717) is 18.0 Å². The normalized spacial score (nSPS) is 21.4. The lowest BCUT2D eigenvalue weighted by Gasteiger charge is -2.19. The minimum absolute atomic E-state index is 0.0363. The zero-order valence-electron chi connectivity index (χ0n) is 11.1. The van der Waals surface area contributed by atoms with Crippen LogP contribution < -0.4 is 5.73 Å². The summed E-state index contributed by atoms with van der Waals surface area (Å²) in [7, 11) is -3.40. The van der Waals surface area contributed by atoms with Gasteiger partial charge in [-0.3, -0.25) is 0 Å². The van der Waals surface area contributed by atoms with Crippen LogP contribution in [0, 0.1) is 20.8 Å². The molecule has 1 unspecified atom stereocenters. The van der Waals surface area contributed by atoms with Crippen molar-refractivity contribution in [1.82, 2.24) is 4.31 Å². The van der Waals surface area contributed by atoms with Gasteiger partial charge in [0.15, 0.2) is 0 Å². The summed E-state index contributed by atoms with van der Waals surface area (Å²) in [6, 6.07) is 3.79. The molecular formula is C13H20N2O2S. The minimum atomic E-state index is -3.40. The average Bonchev–Trinajstić information content (AvgIpc) is 2.63. The number of aryl methyl sites for hydroxylation is 3. The molecule has 0 aromatic heterocycles. The Morgan fingerprint density at radius 1 is 1.22 bits per heavy atom. The number of nitrogens with two attached hydrogens (primary N) is 1. The maximum Gasteiger partial charge on any atom is 0.243 e. The number of rotatable bonds is 2. The smallest absolute Gasteiger partial charge is 0.243 e. The van der Waals surface area contributed by atoms with E-state index >= 15 is 0 Å².